The molecule has 0 atom stereocenters. The van der Waals surface area contributed by atoms with Gasteiger partial charge in [0, 0.05) is 19.8 Å². The third-order valence-corrected chi connectivity index (χ3v) is 6.21. The molecule has 1 amide bonds. The molecule has 0 bridgehead atoms. The van der Waals surface area contributed by atoms with Gasteiger partial charge in [-0.2, -0.15) is 0 Å². The van der Waals surface area contributed by atoms with Crippen molar-refractivity contribution >= 4 is 25.8 Å². The van der Waals surface area contributed by atoms with Crippen LogP contribution in [0, 0.1) is 0 Å². The van der Waals surface area contributed by atoms with Crippen LogP contribution < -0.4 is 9.46 Å². The average molecular weight is 431 g/mol. The summed E-state index contributed by atoms with van der Waals surface area (Å²) in [5.74, 6) is -0.125. The van der Waals surface area contributed by atoms with Crippen LogP contribution in [0.25, 0.3) is 0 Å². The number of hydrogen-bond acceptors (Lipinski definition) is 7. The summed E-state index contributed by atoms with van der Waals surface area (Å²) in [6.45, 7) is 0.599. The van der Waals surface area contributed by atoms with Crippen molar-refractivity contribution in [1.82, 2.24) is 9.62 Å². The molecule has 154 valence electrons. The van der Waals surface area contributed by atoms with Crippen LogP contribution in [0.15, 0.2) is 50.8 Å². The molecule has 2 rings (SSSR count). The largest absolute Gasteiger partial charge is 0.493 e. The highest BCUT2D eigenvalue weighted by Gasteiger charge is 2.21. The van der Waals surface area contributed by atoms with Gasteiger partial charge in [-0.05, 0) is 43.8 Å². The Kier molecular flexibility index (Phi) is 6.86. The summed E-state index contributed by atoms with van der Waals surface area (Å²) in [5, 5.41) is -0.333. The molecular formula is C17H22N2O7S2. The monoisotopic (exact) mass is 430 g/mol. The van der Waals surface area contributed by atoms with Crippen LogP contribution in [-0.4, -0.2) is 61.1 Å². The van der Waals surface area contributed by atoms with Crippen molar-refractivity contribution < 1.29 is 30.8 Å². The molecule has 1 heterocycles. The number of sulfonamides is 1. The maximum Gasteiger partial charge on any atom is 0.289 e. The number of carbonyl (C=O) groups excluding carboxylic acids is 1. The van der Waals surface area contributed by atoms with E-state index in [1.165, 1.54) is 36.2 Å². The fraction of sp³-hybridized carbons (Fsp3) is 0.353. The summed E-state index contributed by atoms with van der Waals surface area (Å²) in [6, 6.07) is 8.68. The summed E-state index contributed by atoms with van der Waals surface area (Å²) in [7, 11) is -4.26. The molecule has 0 saturated carbocycles. The molecule has 0 fully saturated rings. The zero-order chi connectivity index (χ0) is 20.9. The molecule has 0 aliphatic heterocycles. The van der Waals surface area contributed by atoms with Gasteiger partial charge in [0.2, 0.25) is 5.09 Å². The fourth-order valence-electron chi connectivity index (χ4n) is 2.26. The van der Waals surface area contributed by atoms with Gasteiger partial charge in [-0.3, -0.25) is 4.79 Å². The van der Waals surface area contributed by atoms with Gasteiger partial charge in [0.05, 0.1) is 11.5 Å². The van der Waals surface area contributed by atoms with E-state index in [1.54, 1.807) is 19.2 Å². The number of nitrogens with zero attached hydrogens (tertiary/aromatic N) is 1. The van der Waals surface area contributed by atoms with Crippen molar-refractivity contribution in [3.63, 3.8) is 0 Å². The predicted octanol–water partition coefficient (Wildman–Crippen LogP) is 1.13. The van der Waals surface area contributed by atoms with E-state index in [0.29, 0.717) is 18.7 Å². The maximum atomic E-state index is 12.3. The molecule has 2 aromatic rings. The number of amides is 1. The van der Waals surface area contributed by atoms with Gasteiger partial charge in [0.15, 0.2) is 15.6 Å². The number of ether oxygens (including phenoxy) is 1. The number of hydrogen-bond donors (Lipinski definition) is 1. The predicted molar refractivity (Wildman–Crippen MR) is 102 cm³/mol. The Balaban J connectivity index is 1.87. The first kappa shape index (κ1) is 21.9. The Morgan fingerprint density at radius 2 is 1.89 bits per heavy atom. The highest BCUT2D eigenvalue weighted by molar-refractivity contribution is 7.90. The van der Waals surface area contributed by atoms with Gasteiger partial charge in [0.1, 0.15) is 5.75 Å². The Bertz CT molecular complexity index is 1040. The van der Waals surface area contributed by atoms with Crippen molar-refractivity contribution in [2.24, 2.45) is 0 Å². The van der Waals surface area contributed by atoms with E-state index >= 15 is 0 Å². The van der Waals surface area contributed by atoms with Crippen molar-refractivity contribution in [2.45, 2.75) is 16.4 Å². The number of benzene rings is 1. The van der Waals surface area contributed by atoms with E-state index in [2.05, 4.69) is 4.72 Å². The van der Waals surface area contributed by atoms with E-state index in [0.717, 1.165) is 6.26 Å². The highest BCUT2D eigenvalue weighted by Crippen LogP contribution is 2.18. The van der Waals surface area contributed by atoms with Crippen LogP contribution >= 0.6 is 0 Å². The molecule has 1 N–H and O–H groups in total. The Morgan fingerprint density at radius 1 is 1.18 bits per heavy atom. The minimum atomic E-state index is -3.75. The molecule has 0 radical (unpaired) electrons. The lowest BCUT2D eigenvalue weighted by molar-refractivity contribution is 0.0750. The zero-order valence-corrected chi connectivity index (χ0v) is 17.3. The first-order chi connectivity index (χ1) is 13.0. The van der Waals surface area contributed by atoms with Crippen LogP contribution in [-0.2, 0) is 19.9 Å². The topological polar surface area (TPSA) is 123 Å². The van der Waals surface area contributed by atoms with Gasteiger partial charge in [-0.15, -0.1) is 0 Å². The third kappa shape index (κ3) is 5.57. The molecule has 9 nitrogen and oxygen atoms in total. The highest BCUT2D eigenvalue weighted by atomic mass is 32.2. The Hall–Kier alpha value is -2.37. The lowest BCUT2D eigenvalue weighted by Crippen LogP contribution is -2.28. The standard InChI is InChI=1S/C17H22N2O7S2/c1-18-28(23,24)16-9-8-15(26-16)17(20)19(2)10-5-11-25-13-6-4-7-14(12-13)27(3,21)22/h4,6-9,12,18H,5,10-11H2,1-3H3. The number of nitrogens with one attached hydrogen (secondary N) is 1. The molecule has 28 heavy (non-hydrogen) atoms. The van der Waals surface area contributed by atoms with Crippen LogP contribution in [0.2, 0.25) is 0 Å². The summed E-state index contributed by atoms with van der Waals surface area (Å²) in [5.41, 5.74) is 0. The van der Waals surface area contributed by atoms with Crippen molar-refractivity contribution in [3.05, 3.63) is 42.2 Å². The van der Waals surface area contributed by atoms with Gasteiger partial charge < -0.3 is 14.1 Å². The minimum absolute atomic E-state index is 0.0851. The van der Waals surface area contributed by atoms with Crippen LogP contribution in [0.3, 0.4) is 0 Å². The van der Waals surface area contributed by atoms with Gasteiger partial charge in [-0.1, -0.05) is 6.07 Å². The van der Waals surface area contributed by atoms with Crippen molar-refractivity contribution in [1.29, 1.82) is 0 Å². The quantitative estimate of drug-likeness (QED) is 0.592. The normalized spacial score (nSPS) is 12.0. The second-order valence-corrected chi connectivity index (χ2v) is 9.84. The van der Waals surface area contributed by atoms with E-state index < -0.39 is 25.8 Å². The number of rotatable bonds is 9. The van der Waals surface area contributed by atoms with Gasteiger partial charge in [-0.25, -0.2) is 21.6 Å². The van der Waals surface area contributed by atoms with Crippen LogP contribution in [0.4, 0.5) is 0 Å². The molecular weight excluding hydrogens is 408 g/mol. The van der Waals surface area contributed by atoms with E-state index in [-0.39, 0.29) is 22.4 Å². The molecule has 0 aliphatic rings. The van der Waals surface area contributed by atoms with E-state index in [4.69, 9.17) is 9.15 Å². The lowest BCUT2D eigenvalue weighted by atomic mass is 10.3. The molecule has 0 spiro atoms. The van der Waals surface area contributed by atoms with Crippen molar-refractivity contribution in [3.8, 4) is 5.75 Å². The second-order valence-electron chi connectivity index (χ2n) is 6.00. The molecule has 11 heteroatoms. The first-order valence-corrected chi connectivity index (χ1v) is 11.6. The van der Waals surface area contributed by atoms with Crippen molar-refractivity contribution in [2.75, 3.05) is 33.5 Å². The van der Waals surface area contributed by atoms with Crippen LogP contribution in [0.5, 0.6) is 5.75 Å². The Labute approximate surface area is 164 Å². The number of sulfone groups is 1. The summed E-state index contributed by atoms with van der Waals surface area (Å²) < 4.78 is 59.2. The molecule has 1 aromatic carbocycles. The minimum Gasteiger partial charge on any atom is -0.493 e. The van der Waals surface area contributed by atoms with E-state index in [9.17, 15) is 21.6 Å². The summed E-state index contributed by atoms with van der Waals surface area (Å²) >= 11 is 0. The van der Waals surface area contributed by atoms with Crippen LogP contribution in [0.1, 0.15) is 17.0 Å². The molecule has 0 saturated heterocycles. The fourth-order valence-corrected chi connectivity index (χ4v) is 3.56. The van der Waals surface area contributed by atoms with Gasteiger partial charge in [0.25, 0.3) is 15.9 Å². The molecule has 0 aliphatic carbocycles. The maximum absolute atomic E-state index is 12.3. The van der Waals surface area contributed by atoms with E-state index in [1.807, 2.05) is 0 Å². The molecule has 1 aromatic heterocycles. The zero-order valence-electron chi connectivity index (χ0n) is 15.7. The van der Waals surface area contributed by atoms with Gasteiger partial charge >= 0.3 is 0 Å². The number of carbonyl (C=O) groups is 1. The summed E-state index contributed by atoms with van der Waals surface area (Å²) in [4.78, 5) is 13.9. The SMILES string of the molecule is CNS(=O)(=O)c1ccc(C(=O)N(C)CCCOc2cccc(S(C)(=O)=O)c2)o1. The molecule has 0 unspecified atom stereocenters. The number of furan rings is 1. The lowest BCUT2D eigenvalue weighted by Gasteiger charge is -2.16. The first-order valence-electron chi connectivity index (χ1n) is 8.26. The second kappa shape index (κ2) is 8.76. The summed E-state index contributed by atoms with van der Waals surface area (Å²) in [6.07, 6.45) is 1.60. The smallest absolute Gasteiger partial charge is 0.289 e. The Morgan fingerprint density at radius 3 is 2.54 bits per heavy atom. The third-order valence-electron chi connectivity index (χ3n) is 3.81. The average Bonchev–Trinajstić information content (AvgIpc) is 3.15.